The Hall–Kier alpha value is -3.67. The van der Waals surface area contributed by atoms with Crippen LogP contribution in [0.25, 0.3) is 0 Å². The van der Waals surface area contributed by atoms with E-state index >= 15 is 0 Å². The summed E-state index contributed by atoms with van der Waals surface area (Å²) in [6, 6.07) is 14.7. The van der Waals surface area contributed by atoms with Crippen LogP contribution < -0.4 is 4.74 Å². The predicted molar refractivity (Wildman–Crippen MR) is 117 cm³/mol. The van der Waals surface area contributed by atoms with Crippen molar-refractivity contribution in [3.05, 3.63) is 87.7 Å². The molecule has 0 saturated carbocycles. The molecule has 3 aromatic rings. The highest BCUT2D eigenvalue weighted by atomic mass is 16.5. The maximum absolute atomic E-state index is 12.6. The summed E-state index contributed by atoms with van der Waals surface area (Å²) in [5.41, 5.74) is 4.30. The largest absolute Gasteiger partial charge is 0.488 e. The molecule has 0 radical (unpaired) electrons. The van der Waals surface area contributed by atoms with Crippen molar-refractivity contribution in [1.82, 2.24) is 4.98 Å². The van der Waals surface area contributed by atoms with Gasteiger partial charge < -0.3 is 14.5 Å². The molecule has 0 atom stereocenters. The number of Topliss-reactive ketones (excluding diaryl/α,β-unsaturated/α-hetero) is 2. The van der Waals surface area contributed by atoms with Gasteiger partial charge >= 0.3 is 5.97 Å². The molecule has 6 nitrogen and oxygen atoms in total. The lowest BCUT2D eigenvalue weighted by atomic mass is 10.1. The highest BCUT2D eigenvalue weighted by molar-refractivity contribution is 6.04. The fourth-order valence-electron chi connectivity index (χ4n) is 3.56. The molecule has 6 heteroatoms. The van der Waals surface area contributed by atoms with Gasteiger partial charge in [0.1, 0.15) is 17.9 Å². The van der Waals surface area contributed by atoms with E-state index in [1.54, 1.807) is 38.1 Å². The van der Waals surface area contributed by atoms with E-state index in [1.165, 1.54) is 6.92 Å². The lowest BCUT2D eigenvalue weighted by molar-refractivity contribution is 0.0469. The zero-order chi connectivity index (χ0) is 22.5. The lowest BCUT2D eigenvalue weighted by Crippen LogP contribution is -2.16. The number of ketones is 2. The maximum atomic E-state index is 12.6. The van der Waals surface area contributed by atoms with Gasteiger partial charge in [-0.25, -0.2) is 4.79 Å². The molecule has 160 valence electrons. The van der Waals surface area contributed by atoms with Crippen LogP contribution in [0.15, 0.2) is 48.5 Å². The summed E-state index contributed by atoms with van der Waals surface area (Å²) in [4.78, 5) is 39.9. The first-order chi connectivity index (χ1) is 14.8. The van der Waals surface area contributed by atoms with Crippen LogP contribution in [-0.2, 0) is 11.3 Å². The van der Waals surface area contributed by atoms with Gasteiger partial charge in [0.15, 0.2) is 12.4 Å². The minimum atomic E-state index is -0.652. The second-order valence-electron chi connectivity index (χ2n) is 7.45. The van der Waals surface area contributed by atoms with Crippen molar-refractivity contribution in [1.29, 1.82) is 0 Å². The fraction of sp³-hybridized carbons (Fsp3) is 0.240. The number of aryl methyl sites for hydroxylation is 2. The maximum Gasteiger partial charge on any atom is 0.342 e. The second kappa shape index (κ2) is 9.43. The first kappa shape index (κ1) is 22.0. The highest BCUT2D eigenvalue weighted by Gasteiger charge is 2.22. The normalized spacial score (nSPS) is 10.6. The van der Waals surface area contributed by atoms with Crippen LogP contribution in [-0.4, -0.2) is 29.1 Å². The molecule has 0 fully saturated rings. The third-order valence-corrected chi connectivity index (χ3v) is 4.99. The smallest absolute Gasteiger partial charge is 0.342 e. The number of nitrogens with one attached hydrogen (secondary N) is 1. The van der Waals surface area contributed by atoms with Gasteiger partial charge in [0, 0.05) is 11.3 Å². The van der Waals surface area contributed by atoms with Crippen LogP contribution in [0.5, 0.6) is 5.75 Å². The van der Waals surface area contributed by atoms with Crippen LogP contribution in [0.4, 0.5) is 0 Å². The van der Waals surface area contributed by atoms with E-state index in [-0.39, 0.29) is 17.0 Å². The summed E-state index contributed by atoms with van der Waals surface area (Å²) >= 11 is 0. The molecular formula is C25H25NO5. The molecule has 0 aliphatic rings. The number of aromatic nitrogens is 1. The van der Waals surface area contributed by atoms with E-state index in [2.05, 4.69) is 4.98 Å². The minimum absolute atomic E-state index is 0.123. The van der Waals surface area contributed by atoms with E-state index < -0.39 is 18.4 Å². The first-order valence-electron chi connectivity index (χ1n) is 9.95. The average Bonchev–Trinajstić information content (AvgIpc) is 3.04. The van der Waals surface area contributed by atoms with Crippen LogP contribution in [0.1, 0.15) is 60.5 Å². The Balaban J connectivity index is 1.68. The number of aromatic amines is 1. The Morgan fingerprint density at radius 1 is 0.968 bits per heavy atom. The Kier molecular flexibility index (Phi) is 6.70. The average molecular weight is 419 g/mol. The van der Waals surface area contributed by atoms with Crippen LogP contribution in [0, 0.1) is 20.8 Å². The van der Waals surface area contributed by atoms with Gasteiger partial charge in [-0.15, -0.1) is 0 Å². The number of hydrogen-bond donors (Lipinski definition) is 1. The molecule has 0 bridgehead atoms. The summed E-state index contributed by atoms with van der Waals surface area (Å²) in [6.45, 7) is 6.74. The summed E-state index contributed by atoms with van der Waals surface area (Å²) < 4.78 is 11.1. The molecule has 31 heavy (non-hydrogen) atoms. The molecule has 1 heterocycles. The fourth-order valence-corrected chi connectivity index (χ4v) is 3.56. The van der Waals surface area contributed by atoms with Gasteiger partial charge in [0.05, 0.1) is 5.69 Å². The molecule has 0 spiro atoms. The third kappa shape index (κ3) is 5.09. The Bertz CT molecular complexity index is 1140. The number of carbonyl (C=O) groups is 3. The molecule has 0 amide bonds. The van der Waals surface area contributed by atoms with Crippen LogP contribution >= 0.6 is 0 Å². The Morgan fingerprint density at radius 2 is 1.71 bits per heavy atom. The van der Waals surface area contributed by atoms with Crippen molar-refractivity contribution in [3.63, 3.8) is 0 Å². The summed E-state index contributed by atoms with van der Waals surface area (Å²) in [5.74, 6) is -0.797. The highest BCUT2D eigenvalue weighted by Crippen LogP contribution is 2.22. The van der Waals surface area contributed by atoms with E-state index in [0.717, 1.165) is 11.1 Å². The molecule has 2 aromatic carbocycles. The Morgan fingerprint density at radius 3 is 2.39 bits per heavy atom. The van der Waals surface area contributed by atoms with Crippen LogP contribution in [0.2, 0.25) is 0 Å². The van der Waals surface area contributed by atoms with Crippen molar-refractivity contribution in [3.8, 4) is 5.75 Å². The number of benzene rings is 2. The van der Waals surface area contributed by atoms with Gasteiger partial charge in [-0.1, -0.05) is 42.0 Å². The topological polar surface area (TPSA) is 85.5 Å². The summed E-state index contributed by atoms with van der Waals surface area (Å²) in [6.07, 6.45) is 0. The number of rotatable bonds is 8. The van der Waals surface area contributed by atoms with Crippen molar-refractivity contribution in [2.45, 2.75) is 34.3 Å². The van der Waals surface area contributed by atoms with Crippen molar-refractivity contribution in [2.24, 2.45) is 0 Å². The van der Waals surface area contributed by atoms with Gasteiger partial charge in [-0.05, 0) is 51.0 Å². The van der Waals surface area contributed by atoms with E-state index in [1.807, 2.05) is 31.2 Å². The first-order valence-corrected chi connectivity index (χ1v) is 9.95. The zero-order valence-corrected chi connectivity index (χ0v) is 18.1. The molecule has 0 unspecified atom stereocenters. The molecule has 1 N–H and O–H groups in total. The molecule has 0 aliphatic heterocycles. The monoisotopic (exact) mass is 419 g/mol. The zero-order valence-electron chi connectivity index (χ0n) is 18.1. The predicted octanol–water partition coefficient (Wildman–Crippen LogP) is 4.76. The van der Waals surface area contributed by atoms with Gasteiger partial charge in [0.2, 0.25) is 5.78 Å². The number of H-pyrrole nitrogens is 1. The summed E-state index contributed by atoms with van der Waals surface area (Å²) in [7, 11) is 0. The van der Waals surface area contributed by atoms with E-state index in [9.17, 15) is 14.4 Å². The number of esters is 1. The second-order valence-corrected chi connectivity index (χ2v) is 7.45. The lowest BCUT2D eigenvalue weighted by Gasteiger charge is -2.11. The molecule has 0 aliphatic carbocycles. The molecular weight excluding hydrogens is 394 g/mol. The van der Waals surface area contributed by atoms with Gasteiger partial charge in [-0.3, -0.25) is 9.59 Å². The number of carbonyl (C=O) groups excluding carboxylic acids is 3. The van der Waals surface area contributed by atoms with Crippen LogP contribution in [0.3, 0.4) is 0 Å². The number of para-hydroxylation sites is 1. The van der Waals surface area contributed by atoms with Crippen molar-refractivity contribution < 1.29 is 23.9 Å². The van der Waals surface area contributed by atoms with Crippen molar-refractivity contribution >= 4 is 17.5 Å². The van der Waals surface area contributed by atoms with E-state index in [4.69, 9.17) is 9.47 Å². The molecule has 1 aromatic heterocycles. The van der Waals surface area contributed by atoms with Gasteiger partial charge in [0.25, 0.3) is 0 Å². The molecule has 3 rings (SSSR count). The van der Waals surface area contributed by atoms with Crippen molar-refractivity contribution in [2.75, 3.05) is 6.61 Å². The molecule has 0 saturated heterocycles. The summed E-state index contributed by atoms with van der Waals surface area (Å²) in [5, 5.41) is 0. The van der Waals surface area contributed by atoms with E-state index in [0.29, 0.717) is 29.2 Å². The number of ether oxygens (including phenoxy) is 2. The minimum Gasteiger partial charge on any atom is -0.488 e. The number of hydrogen-bond acceptors (Lipinski definition) is 5. The third-order valence-electron chi connectivity index (χ3n) is 4.99. The standard InChI is InChI=1S/C25H25NO5/c1-15-8-7-9-19(12-15)13-30-22-11-6-5-10-20(22)25(29)31-14-21(28)24-16(2)23(18(4)27)17(3)26-24/h5-12,26H,13-14H2,1-4H3. The quantitative estimate of drug-likeness (QED) is 0.420. The SMILES string of the molecule is CC(=O)c1c(C)[nH]c(C(=O)COC(=O)c2ccccc2OCc2cccc(C)c2)c1C. The Labute approximate surface area is 181 Å². The van der Waals surface area contributed by atoms with Gasteiger partial charge in [-0.2, -0.15) is 0 Å².